The van der Waals surface area contributed by atoms with Gasteiger partial charge in [-0.1, -0.05) is 0 Å². The van der Waals surface area contributed by atoms with Crippen LogP contribution in [0.4, 0.5) is 0 Å². The summed E-state index contributed by atoms with van der Waals surface area (Å²) in [5, 5.41) is 2.36. The number of thiazole rings is 1. The monoisotopic (exact) mass is 200 g/mol. The van der Waals surface area contributed by atoms with E-state index in [9.17, 15) is 4.79 Å². The maximum atomic E-state index is 11.3. The number of methoxy groups -OCH3 is 1. The van der Waals surface area contributed by atoms with Crippen LogP contribution in [-0.2, 0) is 11.2 Å². The first-order valence-corrected chi connectivity index (χ1v) is 4.82. The molecule has 1 rings (SSSR count). The van der Waals surface area contributed by atoms with Crippen LogP contribution in [0.25, 0.3) is 0 Å². The molecule has 0 bridgehead atoms. The second kappa shape index (κ2) is 5.06. The fourth-order valence-corrected chi connectivity index (χ4v) is 1.67. The molecular weight excluding hydrogens is 188 g/mol. The summed E-state index contributed by atoms with van der Waals surface area (Å²) < 4.78 is 4.72. The number of hydrogen-bond acceptors (Lipinski definition) is 5. The van der Waals surface area contributed by atoms with Crippen LogP contribution in [0.1, 0.15) is 15.5 Å². The Morgan fingerprint density at radius 3 is 3.15 bits per heavy atom. The van der Waals surface area contributed by atoms with Crippen molar-refractivity contribution in [2.75, 3.05) is 20.3 Å². The van der Waals surface area contributed by atoms with Crippen molar-refractivity contribution in [1.82, 2.24) is 4.98 Å². The van der Waals surface area contributed by atoms with Crippen LogP contribution >= 0.6 is 11.3 Å². The van der Waals surface area contributed by atoms with Gasteiger partial charge in [-0.25, -0.2) is 4.98 Å². The Balaban J connectivity index is 2.62. The minimum atomic E-state index is -0.0734. The minimum Gasteiger partial charge on any atom is -0.376 e. The zero-order valence-electron chi connectivity index (χ0n) is 7.45. The van der Waals surface area contributed by atoms with Crippen molar-refractivity contribution >= 4 is 17.1 Å². The number of Topliss-reactive ketones (excluding diaryl/α,β-unsaturated/α-hetero) is 1. The Bertz CT molecular complexity index is 285. The van der Waals surface area contributed by atoms with E-state index in [1.54, 1.807) is 0 Å². The lowest BCUT2D eigenvalue weighted by molar-refractivity contribution is 0.0847. The molecule has 0 aliphatic rings. The standard InChI is InChI=1S/C8H12N2O2S/c1-12-4-7(11)8-10-6(2-3-9)5-13-8/h5H,2-4,9H2,1H3. The molecule has 0 amide bonds. The van der Waals surface area contributed by atoms with E-state index in [2.05, 4.69) is 4.98 Å². The summed E-state index contributed by atoms with van der Waals surface area (Å²) in [6, 6.07) is 0. The maximum absolute atomic E-state index is 11.3. The number of hydrogen-bond donors (Lipinski definition) is 1. The topological polar surface area (TPSA) is 65.2 Å². The van der Waals surface area contributed by atoms with Crippen LogP contribution < -0.4 is 5.73 Å². The molecule has 0 radical (unpaired) electrons. The van der Waals surface area contributed by atoms with Crippen molar-refractivity contribution in [2.24, 2.45) is 5.73 Å². The van der Waals surface area contributed by atoms with Crippen LogP contribution in [0.2, 0.25) is 0 Å². The molecule has 5 heteroatoms. The van der Waals surface area contributed by atoms with Gasteiger partial charge in [0, 0.05) is 18.9 Å². The van der Waals surface area contributed by atoms with Crippen LogP contribution in [-0.4, -0.2) is 31.0 Å². The summed E-state index contributed by atoms with van der Waals surface area (Å²) in [6.07, 6.45) is 0.719. The van der Waals surface area contributed by atoms with Gasteiger partial charge in [0.1, 0.15) is 6.61 Å². The predicted octanol–water partition coefficient (Wildman–Crippen LogP) is 0.473. The molecule has 13 heavy (non-hydrogen) atoms. The summed E-state index contributed by atoms with van der Waals surface area (Å²) in [5.41, 5.74) is 6.24. The Morgan fingerprint density at radius 1 is 1.77 bits per heavy atom. The van der Waals surface area contributed by atoms with Crippen molar-refractivity contribution in [2.45, 2.75) is 6.42 Å². The lowest BCUT2D eigenvalue weighted by atomic mass is 10.3. The third kappa shape index (κ3) is 2.87. The van der Waals surface area contributed by atoms with Crippen molar-refractivity contribution in [3.05, 3.63) is 16.1 Å². The molecule has 0 saturated heterocycles. The Labute approximate surface area is 80.7 Å². The van der Waals surface area contributed by atoms with Gasteiger partial charge in [0.2, 0.25) is 5.78 Å². The summed E-state index contributed by atoms with van der Waals surface area (Å²) in [7, 11) is 1.49. The van der Waals surface area contributed by atoms with E-state index in [0.29, 0.717) is 11.6 Å². The number of nitrogens with zero attached hydrogens (tertiary/aromatic N) is 1. The molecule has 0 aliphatic heterocycles. The molecule has 0 unspecified atom stereocenters. The Hall–Kier alpha value is -0.780. The second-order valence-electron chi connectivity index (χ2n) is 2.54. The van der Waals surface area contributed by atoms with Gasteiger partial charge in [-0.3, -0.25) is 4.79 Å². The highest BCUT2D eigenvalue weighted by Gasteiger charge is 2.09. The van der Waals surface area contributed by atoms with Crippen LogP contribution in [0.15, 0.2) is 5.38 Å². The lowest BCUT2D eigenvalue weighted by Crippen LogP contribution is -2.07. The lowest BCUT2D eigenvalue weighted by Gasteiger charge is -1.93. The number of nitrogens with two attached hydrogens (primary N) is 1. The molecule has 0 spiro atoms. The van der Waals surface area contributed by atoms with Gasteiger partial charge in [0.25, 0.3) is 0 Å². The highest BCUT2D eigenvalue weighted by molar-refractivity contribution is 7.11. The zero-order valence-corrected chi connectivity index (χ0v) is 8.26. The first-order chi connectivity index (χ1) is 6.27. The Morgan fingerprint density at radius 2 is 2.54 bits per heavy atom. The van der Waals surface area contributed by atoms with E-state index in [4.69, 9.17) is 10.5 Å². The number of ether oxygens (including phenoxy) is 1. The first-order valence-electron chi connectivity index (χ1n) is 3.94. The normalized spacial score (nSPS) is 10.3. The summed E-state index contributed by atoms with van der Waals surface area (Å²) >= 11 is 1.34. The fourth-order valence-electron chi connectivity index (χ4n) is 0.891. The summed E-state index contributed by atoms with van der Waals surface area (Å²) in [4.78, 5) is 15.4. The zero-order chi connectivity index (χ0) is 9.68. The summed E-state index contributed by atoms with van der Waals surface area (Å²) in [5.74, 6) is -0.0734. The second-order valence-corrected chi connectivity index (χ2v) is 3.40. The van der Waals surface area contributed by atoms with E-state index in [0.717, 1.165) is 12.1 Å². The van der Waals surface area contributed by atoms with E-state index in [-0.39, 0.29) is 12.4 Å². The molecule has 72 valence electrons. The van der Waals surface area contributed by atoms with Gasteiger partial charge >= 0.3 is 0 Å². The van der Waals surface area contributed by atoms with Gasteiger partial charge in [-0.2, -0.15) is 0 Å². The molecule has 0 aliphatic carbocycles. The van der Waals surface area contributed by atoms with Crippen molar-refractivity contribution < 1.29 is 9.53 Å². The predicted molar refractivity (Wildman–Crippen MR) is 51.1 cm³/mol. The number of rotatable bonds is 5. The molecule has 1 heterocycles. The van der Waals surface area contributed by atoms with Crippen LogP contribution in [0.5, 0.6) is 0 Å². The van der Waals surface area contributed by atoms with Crippen LogP contribution in [0.3, 0.4) is 0 Å². The van der Waals surface area contributed by atoms with Gasteiger partial charge < -0.3 is 10.5 Å². The van der Waals surface area contributed by atoms with E-state index >= 15 is 0 Å². The summed E-state index contributed by atoms with van der Waals surface area (Å²) in [6.45, 7) is 0.650. The SMILES string of the molecule is COCC(=O)c1nc(CCN)cs1. The van der Waals surface area contributed by atoms with E-state index < -0.39 is 0 Å². The van der Waals surface area contributed by atoms with Crippen molar-refractivity contribution in [3.63, 3.8) is 0 Å². The number of carbonyl (C=O) groups excluding carboxylic acids is 1. The largest absolute Gasteiger partial charge is 0.376 e. The maximum Gasteiger partial charge on any atom is 0.216 e. The molecule has 2 N–H and O–H groups in total. The van der Waals surface area contributed by atoms with Crippen LogP contribution in [0, 0.1) is 0 Å². The highest BCUT2D eigenvalue weighted by atomic mass is 32.1. The van der Waals surface area contributed by atoms with Gasteiger partial charge in [0.05, 0.1) is 5.69 Å². The van der Waals surface area contributed by atoms with Gasteiger partial charge in [0.15, 0.2) is 5.01 Å². The van der Waals surface area contributed by atoms with Crippen molar-refractivity contribution in [3.8, 4) is 0 Å². The molecule has 0 fully saturated rings. The first kappa shape index (κ1) is 10.3. The molecular formula is C8H12N2O2S. The van der Waals surface area contributed by atoms with Gasteiger partial charge in [-0.15, -0.1) is 11.3 Å². The fraction of sp³-hybridized carbons (Fsp3) is 0.500. The molecule has 0 aromatic carbocycles. The molecule has 4 nitrogen and oxygen atoms in total. The average molecular weight is 200 g/mol. The highest BCUT2D eigenvalue weighted by Crippen LogP contribution is 2.10. The molecule has 0 atom stereocenters. The smallest absolute Gasteiger partial charge is 0.216 e. The third-order valence-corrected chi connectivity index (χ3v) is 2.40. The van der Waals surface area contributed by atoms with E-state index in [1.165, 1.54) is 18.4 Å². The quantitative estimate of drug-likeness (QED) is 0.702. The minimum absolute atomic E-state index is 0.0734. The van der Waals surface area contributed by atoms with Gasteiger partial charge in [-0.05, 0) is 6.54 Å². The van der Waals surface area contributed by atoms with Crippen molar-refractivity contribution in [1.29, 1.82) is 0 Å². The molecule has 0 saturated carbocycles. The number of ketones is 1. The molecule has 1 aromatic rings. The molecule has 1 aromatic heterocycles. The number of carbonyl (C=O) groups is 1. The van der Waals surface area contributed by atoms with E-state index in [1.807, 2.05) is 5.38 Å². The Kier molecular flexibility index (Phi) is 4.01. The average Bonchev–Trinajstić information content (AvgIpc) is 2.54. The third-order valence-electron chi connectivity index (χ3n) is 1.47. The number of aromatic nitrogens is 1.